The van der Waals surface area contributed by atoms with Gasteiger partial charge in [-0.05, 0) is 24.3 Å². The lowest BCUT2D eigenvalue weighted by Crippen LogP contribution is -2.39. The summed E-state index contributed by atoms with van der Waals surface area (Å²) in [6.07, 6.45) is 6.81. The number of pyridine rings is 1. The number of terminal acetylenes is 1. The Morgan fingerprint density at radius 3 is 2.86 bits per heavy atom. The van der Waals surface area contributed by atoms with Gasteiger partial charge in [0.1, 0.15) is 6.54 Å². The summed E-state index contributed by atoms with van der Waals surface area (Å²) in [5.41, 5.74) is 1.29. The molecular weight excluding hydrogens is 270 g/mol. The summed E-state index contributed by atoms with van der Waals surface area (Å²) in [4.78, 5) is 28.1. The number of carbonyl (C=O) groups is 2. The number of carbonyl (C=O) groups excluding carboxylic acids is 1. The molecule has 0 atom stereocenters. The molecule has 0 bridgehead atoms. The molecule has 0 fully saturated rings. The molecule has 2 aromatic rings. The van der Waals surface area contributed by atoms with Gasteiger partial charge in [-0.3, -0.25) is 9.78 Å². The Bertz CT molecular complexity index is 716. The van der Waals surface area contributed by atoms with Crippen LogP contribution in [-0.2, 0) is 4.79 Å². The number of carboxylic acids is 1. The predicted molar refractivity (Wildman–Crippen MR) is 78.8 cm³/mol. The summed E-state index contributed by atoms with van der Waals surface area (Å²) in [5.74, 6) is 1.14. The highest BCUT2D eigenvalue weighted by molar-refractivity contribution is 6.00. The minimum Gasteiger partial charge on any atom is -0.480 e. The fraction of sp³-hybridized carbons (Fsp3) is 0.133. The van der Waals surface area contributed by atoms with Crippen molar-refractivity contribution in [3.63, 3.8) is 0 Å². The molecule has 0 spiro atoms. The molecular formula is C15H13N3O3. The third-order valence-electron chi connectivity index (χ3n) is 2.78. The number of urea groups is 1. The van der Waals surface area contributed by atoms with E-state index in [4.69, 9.17) is 11.5 Å². The van der Waals surface area contributed by atoms with Crippen molar-refractivity contribution in [1.82, 2.24) is 9.88 Å². The van der Waals surface area contributed by atoms with Crippen LogP contribution in [0.3, 0.4) is 0 Å². The zero-order valence-electron chi connectivity index (χ0n) is 11.1. The van der Waals surface area contributed by atoms with Crippen molar-refractivity contribution in [3.05, 3.63) is 36.5 Å². The van der Waals surface area contributed by atoms with Gasteiger partial charge >= 0.3 is 12.0 Å². The second kappa shape index (κ2) is 6.39. The molecule has 0 saturated carbocycles. The van der Waals surface area contributed by atoms with Crippen LogP contribution in [0.1, 0.15) is 0 Å². The molecule has 2 rings (SSSR count). The minimum absolute atomic E-state index is 0.0822. The van der Waals surface area contributed by atoms with Crippen LogP contribution in [0.15, 0.2) is 36.5 Å². The van der Waals surface area contributed by atoms with E-state index in [-0.39, 0.29) is 6.54 Å². The molecule has 2 N–H and O–H groups in total. The number of aliphatic carboxylic acids is 1. The van der Waals surface area contributed by atoms with Crippen LogP contribution in [0.25, 0.3) is 10.9 Å². The number of nitrogens with zero attached hydrogens (tertiary/aromatic N) is 2. The summed E-state index contributed by atoms with van der Waals surface area (Å²) in [6.45, 7) is -0.541. The minimum atomic E-state index is -1.13. The average molecular weight is 283 g/mol. The smallest absolute Gasteiger partial charge is 0.323 e. The van der Waals surface area contributed by atoms with Crippen LogP contribution in [0.5, 0.6) is 0 Å². The molecule has 21 heavy (non-hydrogen) atoms. The normalized spacial score (nSPS) is 9.86. The maximum absolute atomic E-state index is 12.1. The number of benzene rings is 1. The molecule has 1 heterocycles. The van der Waals surface area contributed by atoms with Crippen molar-refractivity contribution >= 4 is 28.6 Å². The summed E-state index contributed by atoms with van der Waals surface area (Å²) >= 11 is 0. The number of hydrogen-bond acceptors (Lipinski definition) is 3. The van der Waals surface area contributed by atoms with Crippen molar-refractivity contribution in [2.75, 3.05) is 18.4 Å². The average Bonchev–Trinajstić information content (AvgIpc) is 2.47. The fourth-order valence-corrected chi connectivity index (χ4v) is 1.88. The van der Waals surface area contributed by atoms with Gasteiger partial charge in [0.2, 0.25) is 0 Å². The van der Waals surface area contributed by atoms with Crippen LogP contribution >= 0.6 is 0 Å². The molecule has 0 aliphatic carbocycles. The second-order valence-electron chi connectivity index (χ2n) is 4.26. The number of aromatic nitrogens is 1. The Hall–Kier alpha value is -3.07. The van der Waals surface area contributed by atoms with E-state index in [9.17, 15) is 9.59 Å². The molecule has 1 aromatic heterocycles. The predicted octanol–water partition coefficient (Wildman–Crippen LogP) is 1.79. The molecule has 0 saturated heterocycles. The summed E-state index contributed by atoms with van der Waals surface area (Å²) in [6, 6.07) is 8.31. The number of amides is 2. The number of hydrogen-bond donors (Lipinski definition) is 2. The quantitative estimate of drug-likeness (QED) is 0.838. The van der Waals surface area contributed by atoms with Crippen LogP contribution in [0, 0.1) is 12.3 Å². The first kappa shape index (κ1) is 14.3. The van der Waals surface area contributed by atoms with E-state index in [1.807, 2.05) is 12.1 Å². The Balaban J connectivity index is 2.24. The number of fused-ring (bicyclic) bond motifs is 1. The van der Waals surface area contributed by atoms with Gasteiger partial charge in [-0.2, -0.15) is 0 Å². The Labute approximate surface area is 121 Å². The van der Waals surface area contributed by atoms with Gasteiger partial charge in [-0.25, -0.2) is 4.79 Å². The highest BCUT2D eigenvalue weighted by Crippen LogP contribution is 2.21. The first-order chi connectivity index (χ1) is 10.1. The molecule has 6 nitrogen and oxygen atoms in total. The van der Waals surface area contributed by atoms with Gasteiger partial charge in [-0.15, -0.1) is 6.42 Å². The zero-order chi connectivity index (χ0) is 15.2. The topological polar surface area (TPSA) is 82.5 Å². The van der Waals surface area contributed by atoms with Crippen molar-refractivity contribution < 1.29 is 14.7 Å². The number of carboxylic acid groups (broad SMARTS) is 1. The van der Waals surface area contributed by atoms with Gasteiger partial charge in [0.25, 0.3) is 0 Å². The van der Waals surface area contributed by atoms with Crippen molar-refractivity contribution in [3.8, 4) is 12.3 Å². The lowest BCUT2D eigenvalue weighted by atomic mass is 10.2. The zero-order valence-corrected chi connectivity index (χ0v) is 11.1. The first-order valence-corrected chi connectivity index (χ1v) is 6.16. The number of nitrogens with one attached hydrogen (secondary N) is 1. The molecule has 0 aliphatic heterocycles. The molecule has 106 valence electrons. The van der Waals surface area contributed by atoms with Gasteiger partial charge < -0.3 is 15.3 Å². The molecule has 0 radical (unpaired) electrons. The fourth-order valence-electron chi connectivity index (χ4n) is 1.88. The van der Waals surface area contributed by atoms with E-state index in [1.54, 1.807) is 24.4 Å². The van der Waals surface area contributed by atoms with Gasteiger partial charge in [0.15, 0.2) is 0 Å². The Morgan fingerprint density at radius 2 is 2.14 bits per heavy atom. The van der Waals surface area contributed by atoms with Crippen LogP contribution in [0.4, 0.5) is 10.5 Å². The first-order valence-electron chi connectivity index (χ1n) is 6.16. The van der Waals surface area contributed by atoms with E-state index in [0.29, 0.717) is 5.69 Å². The standard InChI is InChI=1S/C15H13N3O3/c1-2-9-18(10-14(19)20)15(21)17-13-7-3-6-12-11(13)5-4-8-16-12/h1,3-8H,9-10H2,(H,17,21)(H,19,20). The number of anilines is 1. The molecule has 2 amide bonds. The lowest BCUT2D eigenvalue weighted by molar-refractivity contribution is -0.137. The van der Waals surface area contributed by atoms with Crippen LogP contribution in [0.2, 0.25) is 0 Å². The molecule has 1 aromatic carbocycles. The van der Waals surface area contributed by atoms with Gasteiger partial charge in [0, 0.05) is 11.6 Å². The van der Waals surface area contributed by atoms with E-state index >= 15 is 0 Å². The maximum atomic E-state index is 12.1. The highest BCUT2D eigenvalue weighted by Gasteiger charge is 2.16. The van der Waals surface area contributed by atoms with Crippen LogP contribution < -0.4 is 5.32 Å². The van der Waals surface area contributed by atoms with E-state index in [1.165, 1.54) is 0 Å². The van der Waals surface area contributed by atoms with Gasteiger partial charge in [-0.1, -0.05) is 12.0 Å². The largest absolute Gasteiger partial charge is 0.480 e. The summed E-state index contributed by atoms with van der Waals surface area (Å²) in [5, 5.41) is 12.2. The van der Waals surface area contributed by atoms with Crippen LogP contribution in [-0.4, -0.2) is 40.1 Å². The maximum Gasteiger partial charge on any atom is 0.323 e. The molecule has 6 heteroatoms. The molecule has 0 unspecified atom stereocenters. The van der Waals surface area contributed by atoms with E-state index in [2.05, 4.69) is 16.2 Å². The lowest BCUT2D eigenvalue weighted by Gasteiger charge is -2.19. The highest BCUT2D eigenvalue weighted by atomic mass is 16.4. The molecule has 0 aliphatic rings. The number of rotatable bonds is 4. The van der Waals surface area contributed by atoms with Crippen molar-refractivity contribution in [2.24, 2.45) is 0 Å². The third-order valence-corrected chi connectivity index (χ3v) is 2.78. The van der Waals surface area contributed by atoms with E-state index < -0.39 is 18.5 Å². The monoisotopic (exact) mass is 283 g/mol. The van der Waals surface area contributed by atoms with Gasteiger partial charge in [0.05, 0.1) is 17.7 Å². The SMILES string of the molecule is C#CCN(CC(=O)O)C(=O)Nc1cccc2ncccc12. The second-order valence-corrected chi connectivity index (χ2v) is 4.26. The van der Waals surface area contributed by atoms with Crippen molar-refractivity contribution in [2.45, 2.75) is 0 Å². The third kappa shape index (κ3) is 3.48. The Morgan fingerprint density at radius 1 is 1.33 bits per heavy atom. The summed E-state index contributed by atoms with van der Waals surface area (Å²) in [7, 11) is 0. The summed E-state index contributed by atoms with van der Waals surface area (Å²) < 4.78 is 0. The van der Waals surface area contributed by atoms with E-state index in [0.717, 1.165) is 15.8 Å². The Kier molecular flexibility index (Phi) is 4.36. The van der Waals surface area contributed by atoms with Crippen molar-refractivity contribution in [1.29, 1.82) is 0 Å².